The van der Waals surface area contributed by atoms with Crippen molar-refractivity contribution in [1.82, 2.24) is 20.3 Å². The predicted octanol–water partition coefficient (Wildman–Crippen LogP) is 1.52. The first-order valence-electron chi connectivity index (χ1n) is 11.7. The molecule has 0 unspecified atom stereocenters. The maximum absolute atomic E-state index is 12.6. The number of H-pyrrole nitrogens is 1. The van der Waals surface area contributed by atoms with Crippen LogP contribution in [0.4, 0.5) is 5.95 Å². The number of nitrogens with zero attached hydrogens (tertiary/aromatic N) is 2. The van der Waals surface area contributed by atoms with Crippen molar-refractivity contribution in [1.29, 1.82) is 0 Å². The van der Waals surface area contributed by atoms with Gasteiger partial charge in [0.25, 0.3) is 11.5 Å². The van der Waals surface area contributed by atoms with Gasteiger partial charge < -0.3 is 19.2 Å². The number of hydrogen-bond acceptors (Lipinski definition) is 10. The van der Waals surface area contributed by atoms with E-state index in [2.05, 4.69) is 46.9 Å². The smallest absolute Gasteiger partial charge is 0.328 e. The number of nitrogens with one attached hydrogen (secondary N) is 3. The number of ether oxygens (including phenoxy) is 2. The molecule has 0 fully saturated rings. The molecule has 0 radical (unpaired) electrons. The summed E-state index contributed by atoms with van der Waals surface area (Å²) >= 11 is 0. The zero-order valence-electron chi connectivity index (χ0n) is 22.0. The first-order chi connectivity index (χ1) is 18.4. The fourth-order valence-electron chi connectivity index (χ4n) is 3.09. The highest BCUT2D eigenvalue weighted by Crippen LogP contribution is 2.16. The Bertz CT molecular complexity index is 1540. The molecule has 0 saturated heterocycles. The van der Waals surface area contributed by atoms with Crippen LogP contribution in [0.25, 0.3) is 11.0 Å². The monoisotopic (exact) mass is 537 g/mol. The third-order valence-electron chi connectivity index (χ3n) is 5.29. The lowest BCUT2D eigenvalue weighted by Gasteiger charge is -2.16. The van der Waals surface area contributed by atoms with Crippen molar-refractivity contribution in [3.63, 3.8) is 0 Å². The summed E-state index contributed by atoms with van der Waals surface area (Å²) in [5.74, 6) is 3.24. The Morgan fingerprint density at radius 1 is 1.13 bits per heavy atom. The number of carbonyl (C=O) groups excluding carboxylic acids is 4. The molecule has 2 amide bonds. The van der Waals surface area contributed by atoms with Crippen LogP contribution in [-0.2, 0) is 23.9 Å². The summed E-state index contributed by atoms with van der Waals surface area (Å²) in [6.07, 6.45) is 1.28. The van der Waals surface area contributed by atoms with Crippen LogP contribution in [0, 0.1) is 17.3 Å². The Morgan fingerprint density at radius 2 is 1.87 bits per heavy atom. The molecular weight excluding hydrogens is 510 g/mol. The van der Waals surface area contributed by atoms with E-state index in [4.69, 9.17) is 4.42 Å². The average Bonchev–Trinajstić information content (AvgIpc) is 3.38. The molecule has 1 atom stereocenters. The number of amides is 2. The minimum absolute atomic E-state index is 0.0140. The number of furan rings is 1. The molecule has 0 aliphatic heterocycles. The van der Waals surface area contributed by atoms with Crippen molar-refractivity contribution in [3.05, 3.63) is 51.8 Å². The molecule has 13 nitrogen and oxygen atoms in total. The Morgan fingerprint density at radius 3 is 2.54 bits per heavy atom. The van der Waals surface area contributed by atoms with E-state index in [1.54, 1.807) is 20.8 Å². The number of aromatic nitrogens is 3. The first-order valence-corrected chi connectivity index (χ1v) is 11.7. The quantitative estimate of drug-likeness (QED) is 0.295. The van der Waals surface area contributed by atoms with Crippen LogP contribution in [0.1, 0.15) is 55.5 Å². The van der Waals surface area contributed by atoms with E-state index < -0.39 is 34.9 Å². The van der Waals surface area contributed by atoms with Gasteiger partial charge >= 0.3 is 11.9 Å². The zero-order valence-corrected chi connectivity index (χ0v) is 22.0. The summed E-state index contributed by atoms with van der Waals surface area (Å²) in [4.78, 5) is 71.5. The molecule has 0 bridgehead atoms. The molecule has 3 aromatic rings. The zero-order chi connectivity index (χ0) is 28.7. The van der Waals surface area contributed by atoms with Gasteiger partial charge in [0.15, 0.2) is 17.2 Å². The molecule has 0 saturated carbocycles. The lowest BCUT2D eigenvalue weighted by Crippen LogP contribution is -2.41. The van der Waals surface area contributed by atoms with Crippen molar-refractivity contribution >= 4 is 40.7 Å². The van der Waals surface area contributed by atoms with Gasteiger partial charge in [0.05, 0.1) is 19.6 Å². The predicted molar refractivity (Wildman–Crippen MR) is 137 cm³/mol. The van der Waals surface area contributed by atoms with Crippen molar-refractivity contribution in [3.8, 4) is 11.8 Å². The van der Waals surface area contributed by atoms with Gasteiger partial charge in [0.1, 0.15) is 6.04 Å². The molecule has 0 aromatic carbocycles. The van der Waals surface area contributed by atoms with Crippen molar-refractivity contribution in [2.24, 2.45) is 5.41 Å². The molecule has 0 aliphatic rings. The molecule has 3 N–H and O–H groups in total. The van der Waals surface area contributed by atoms with Gasteiger partial charge in [-0.1, -0.05) is 26.7 Å². The lowest BCUT2D eigenvalue weighted by molar-refractivity contribution is -0.144. The molecule has 3 heterocycles. The van der Waals surface area contributed by atoms with Gasteiger partial charge in [0.2, 0.25) is 11.9 Å². The molecule has 13 heteroatoms. The Labute approximate surface area is 222 Å². The Hall–Kier alpha value is -4.99. The first kappa shape index (κ1) is 28.6. The number of fused-ring (bicyclic) bond motifs is 1. The highest BCUT2D eigenvalue weighted by molar-refractivity contribution is 5.95. The highest BCUT2D eigenvalue weighted by atomic mass is 16.5. The van der Waals surface area contributed by atoms with Crippen LogP contribution in [-0.4, -0.2) is 59.0 Å². The minimum atomic E-state index is -1.08. The maximum atomic E-state index is 12.6. The second-order valence-electron chi connectivity index (χ2n) is 9.29. The number of anilines is 1. The van der Waals surface area contributed by atoms with Gasteiger partial charge in [-0.3, -0.25) is 29.5 Å². The summed E-state index contributed by atoms with van der Waals surface area (Å²) in [6, 6.07) is 3.22. The highest BCUT2D eigenvalue weighted by Gasteiger charge is 2.25. The third-order valence-corrected chi connectivity index (χ3v) is 5.29. The lowest BCUT2D eigenvalue weighted by atomic mass is 9.96. The number of aromatic amines is 1. The summed E-state index contributed by atoms with van der Waals surface area (Å²) in [5, 5.41) is 5.18. The fourth-order valence-corrected chi connectivity index (χ4v) is 3.09. The summed E-state index contributed by atoms with van der Waals surface area (Å²) in [7, 11) is 2.38. The summed E-state index contributed by atoms with van der Waals surface area (Å²) in [6.45, 7) is 5.18. The van der Waals surface area contributed by atoms with Gasteiger partial charge in [-0.2, -0.15) is 4.98 Å². The van der Waals surface area contributed by atoms with E-state index in [0.717, 1.165) is 7.11 Å². The molecular formula is C26H27N5O8. The van der Waals surface area contributed by atoms with E-state index in [0.29, 0.717) is 5.56 Å². The number of rotatable bonds is 7. The molecule has 0 spiro atoms. The van der Waals surface area contributed by atoms with Crippen LogP contribution in [0.5, 0.6) is 0 Å². The van der Waals surface area contributed by atoms with Crippen LogP contribution in [0.2, 0.25) is 0 Å². The largest absolute Gasteiger partial charge is 0.469 e. The topological polar surface area (TPSA) is 183 Å². The SMILES string of the molecule is COC(=O)CC[C@H](NC(=O)c1ccc(C#Cc2cnc3nc(NC(=O)C(C)(C)C)[nH]c(=O)c3c2)o1)C(=O)OC. The van der Waals surface area contributed by atoms with E-state index in [9.17, 15) is 24.0 Å². The van der Waals surface area contributed by atoms with Gasteiger partial charge in [-0.25, -0.2) is 9.78 Å². The summed E-state index contributed by atoms with van der Waals surface area (Å²) < 4.78 is 14.7. The summed E-state index contributed by atoms with van der Waals surface area (Å²) in [5.41, 5.74) is -0.694. The van der Waals surface area contributed by atoms with Crippen LogP contribution < -0.4 is 16.2 Å². The van der Waals surface area contributed by atoms with Crippen LogP contribution in [0.15, 0.2) is 33.6 Å². The maximum Gasteiger partial charge on any atom is 0.328 e. The van der Waals surface area contributed by atoms with Crippen LogP contribution >= 0.6 is 0 Å². The number of pyridine rings is 1. The van der Waals surface area contributed by atoms with Gasteiger partial charge in [-0.15, -0.1) is 0 Å². The number of hydrogen-bond donors (Lipinski definition) is 3. The molecule has 3 rings (SSSR count). The average molecular weight is 538 g/mol. The fraction of sp³-hybridized carbons (Fsp3) is 0.346. The number of carbonyl (C=O) groups is 4. The standard InChI is InChI=1S/C26H27N5O8/c1-26(2,3)24(36)31-25-29-20-16(21(33)30-25)12-14(13-27-20)6-7-15-8-10-18(39-15)22(34)28-17(23(35)38-5)9-11-19(32)37-4/h8,10,12-13,17H,9,11H2,1-5H3,(H,28,34)(H2,27,29,30,31,33,36)/t17-/m0/s1. The molecule has 3 aromatic heterocycles. The van der Waals surface area contributed by atoms with Crippen molar-refractivity contribution < 1.29 is 33.1 Å². The second kappa shape index (κ2) is 12.0. The normalized spacial score (nSPS) is 11.6. The molecule has 0 aliphatic carbocycles. The third kappa shape index (κ3) is 7.51. The van der Waals surface area contributed by atoms with Crippen molar-refractivity contribution in [2.45, 2.75) is 39.7 Å². The Balaban J connectivity index is 1.74. The van der Waals surface area contributed by atoms with Crippen molar-refractivity contribution in [2.75, 3.05) is 19.5 Å². The minimum Gasteiger partial charge on any atom is -0.469 e. The van der Waals surface area contributed by atoms with E-state index in [1.165, 1.54) is 31.5 Å². The van der Waals surface area contributed by atoms with Gasteiger partial charge in [-0.05, 0) is 30.5 Å². The van der Waals surface area contributed by atoms with E-state index in [1.807, 2.05) is 0 Å². The second-order valence-corrected chi connectivity index (χ2v) is 9.29. The van der Waals surface area contributed by atoms with E-state index in [-0.39, 0.29) is 47.3 Å². The molecule has 39 heavy (non-hydrogen) atoms. The van der Waals surface area contributed by atoms with E-state index >= 15 is 0 Å². The van der Waals surface area contributed by atoms with Crippen LogP contribution in [0.3, 0.4) is 0 Å². The number of methoxy groups -OCH3 is 2. The number of esters is 2. The Kier molecular flexibility index (Phi) is 8.82. The molecule has 204 valence electrons. The van der Waals surface area contributed by atoms with Gasteiger partial charge in [0, 0.05) is 23.6 Å².